The normalized spacial score (nSPS) is 11.7. The molecule has 1 N–H and O–H groups in total. The molecule has 0 bridgehead atoms. The van der Waals surface area contributed by atoms with E-state index in [0.717, 1.165) is 49.7 Å². The van der Waals surface area contributed by atoms with E-state index in [2.05, 4.69) is 17.3 Å². The minimum Gasteiger partial charge on any atom is -0.487 e. The molecule has 3 aromatic rings. The smallest absolute Gasteiger partial charge is 0.347 e. The topological polar surface area (TPSA) is 104 Å². The summed E-state index contributed by atoms with van der Waals surface area (Å²) in [5.74, 6) is 0.666. The van der Waals surface area contributed by atoms with Gasteiger partial charge in [0.05, 0.1) is 6.54 Å². The Morgan fingerprint density at radius 2 is 1.71 bits per heavy atom. The van der Waals surface area contributed by atoms with Gasteiger partial charge in [-0.1, -0.05) is 82.0 Å². The van der Waals surface area contributed by atoms with Gasteiger partial charge in [0.1, 0.15) is 18.5 Å². The highest BCUT2D eigenvalue weighted by Gasteiger charge is 2.14. The molecule has 0 fully saturated rings. The van der Waals surface area contributed by atoms with Crippen molar-refractivity contribution in [1.82, 2.24) is 14.3 Å². The molecule has 1 aromatic heterocycles. The monoisotopic (exact) mass is 564 g/mol. The minimum absolute atomic E-state index is 0.196. The fourth-order valence-electron chi connectivity index (χ4n) is 4.44. The lowest BCUT2D eigenvalue weighted by molar-refractivity contribution is -0.145. The zero-order chi connectivity index (χ0) is 29.5. The summed E-state index contributed by atoms with van der Waals surface area (Å²) in [7, 11) is 0. The molecule has 0 saturated heterocycles. The molecule has 0 radical (unpaired) electrons. The van der Waals surface area contributed by atoms with Crippen molar-refractivity contribution in [3.8, 4) is 5.75 Å². The number of hydrogen-bond acceptors (Lipinski definition) is 7. The molecule has 1 unspecified atom stereocenters. The SMILES string of the molecule is CCCCCCCn1nc(NCCCc2cccc(OC(C)COC(=O)CC)c2)c(=O)n(Cc2ccccc2)c1=O. The number of anilines is 1. The second-order valence-corrected chi connectivity index (χ2v) is 10.3. The van der Waals surface area contributed by atoms with Crippen LogP contribution in [0.5, 0.6) is 5.75 Å². The van der Waals surface area contributed by atoms with Crippen LogP contribution in [0.1, 0.15) is 76.8 Å². The Balaban J connectivity index is 1.63. The van der Waals surface area contributed by atoms with Crippen molar-refractivity contribution in [2.45, 2.75) is 91.3 Å². The zero-order valence-corrected chi connectivity index (χ0v) is 24.6. The van der Waals surface area contributed by atoms with Crippen molar-refractivity contribution < 1.29 is 14.3 Å². The summed E-state index contributed by atoms with van der Waals surface area (Å²) in [5.41, 5.74) is 1.19. The molecule has 0 spiro atoms. The van der Waals surface area contributed by atoms with E-state index in [1.807, 2.05) is 61.5 Å². The molecule has 41 heavy (non-hydrogen) atoms. The lowest BCUT2D eigenvalue weighted by atomic mass is 10.1. The Labute approximate surface area is 242 Å². The van der Waals surface area contributed by atoms with Gasteiger partial charge in [0.15, 0.2) is 0 Å². The molecular formula is C32H44N4O5. The van der Waals surface area contributed by atoms with Crippen LogP contribution >= 0.6 is 0 Å². The summed E-state index contributed by atoms with van der Waals surface area (Å²) < 4.78 is 13.8. The molecule has 0 saturated carbocycles. The van der Waals surface area contributed by atoms with Crippen LogP contribution in [0.25, 0.3) is 0 Å². The van der Waals surface area contributed by atoms with Crippen LogP contribution in [-0.4, -0.2) is 39.6 Å². The first kappa shape index (κ1) is 31.6. The van der Waals surface area contributed by atoms with Gasteiger partial charge in [0.25, 0.3) is 5.56 Å². The Hall–Kier alpha value is -3.88. The summed E-state index contributed by atoms with van der Waals surface area (Å²) in [6.45, 7) is 7.21. The fourth-order valence-corrected chi connectivity index (χ4v) is 4.44. The Kier molecular flexibility index (Phi) is 13.2. The van der Waals surface area contributed by atoms with E-state index in [1.54, 1.807) is 6.92 Å². The van der Waals surface area contributed by atoms with E-state index in [-0.39, 0.29) is 36.7 Å². The summed E-state index contributed by atoms with van der Waals surface area (Å²) in [6.07, 6.45) is 6.91. The van der Waals surface area contributed by atoms with Gasteiger partial charge in [0.2, 0.25) is 5.82 Å². The number of rotatable bonds is 18. The largest absolute Gasteiger partial charge is 0.487 e. The molecule has 1 heterocycles. The van der Waals surface area contributed by atoms with Crippen molar-refractivity contribution in [2.24, 2.45) is 0 Å². The van der Waals surface area contributed by atoms with Gasteiger partial charge in [-0.05, 0) is 49.4 Å². The minimum atomic E-state index is -0.408. The van der Waals surface area contributed by atoms with Gasteiger partial charge < -0.3 is 14.8 Å². The van der Waals surface area contributed by atoms with Crippen molar-refractivity contribution >= 4 is 11.8 Å². The average molecular weight is 565 g/mol. The first-order chi connectivity index (χ1) is 19.9. The number of nitrogens with one attached hydrogen (secondary N) is 1. The van der Waals surface area contributed by atoms with Gasteiger partial charge in [-0.3, -0.25) is 14.2 Å². The molecule has 3 rings (SSSR count). The molecule has 0 aliphatic rings. The number of carbonyl (C=O) groups excluding carboxylic acids is 1. The number of ether oxygens (including phenoxy) is 2. The number of hydrogen-bond donors (Lipinski definition) is 1. The molecule has 9 nitrogen and oxygen atoms in total. The maximum absolute atomic E-state index is 13.3. The van der Waals surface area contributed by atoms with Crippen LogP contribution in [0.4, 0.5) is 5.82 Å². The lowest BCUT2D eigenvalue weighted by Gasteiger charge is -2.15. The molecule has 1 atom stereocenters. The van der Waals surface area contributed by atoms with Crippen LogP contribution in [-0.2, 0) is 29.0 Å². The van der Waals surface area contributed by atoms with Gasteiger partial charge >= 0.3 is 11.7 Å². The second kappa shape index (κ2) is 17.0. The number of unbranched alkanes of at least 4 members (excludes halogenated alkanes) is 4. The van der Waals surface area contributed by atoms with E-state index < -0.39 is 5.56 Å². The van der Waals surface area contributed by atoms with Crippen LogP contribution in [0.3, 0.4) is 0 Å². The van der Waals surface area contributed by atoms with Crippen LogP contribution in [0.2, 0.25) is 0 Å². The van der Waals surface area contributed by atoms with E-state index in [0.29, 0.717) is 25.3 Å². The number of carbonyl (C=O) groups is 1. The third-order valence-electron chi connectivity index (χ3n) is 6.72. The Morgan fingerprint density at radius 3 is 2.46 bits per heavy atom. The number of aromatic nitrogens is 3. The predicted molar refractivity (Wildman–Crippen MR) is 162 cm³/mol. The number of nitrogens with zero attached hydrogens (tertiary/aromatic N) is 3. The quantitative estimate of drug-likeness (QED) is 0.167. The summed E-state index contributed by atoms with van der Waals surface area (Å²) in [6, 6.07) is 17.3. The van der Waals surface area contributed by atoms with Crippen molar-refractivity contribution in [3.05, 3.63) is 86.6 Å². The van der Waals surface area contributed by atoms with E-state index in [1.165, 1.54) is 15.7 Å². The van der Waals surface area contributed by atoms with Crippen LogP contribution < -0.4 is 21.3 Å². The van der Waals surface area contributed by atoms with Crippen LogP contribution in [0, 0.1) is 0 Å². The average Bonchev–Trinajstić information content (AvgIpc) is 2.98. The number of aryl methyl sites for hydroxylation is 2. The standard InChI is InChI=1S/C32H44N4O5/c1-4-6-7-8-12-21-36-32(39)35(23-27-15-10-9-11-16-27)31(38)30(34-36)33-20-14-18-26-17-13-19-28(22-26)41-25(3)24-40-29(37)5-2/h9-11,13,15-17,19,22,25H,4-8,12,14,18,20-21,23-24H2,1-3H3,(H,33,34). The highest BCUT2D eigenvalue weighted by atomic mass is 16.6. The maximum Gasteiger partial charge on any atom is 0.347 e. The van der Waals surface area contributed by atoms with Crippen LogP contribution in [0.15, 0.2) is 64.2 Å². The van der Waals surface area contributed by atoms with E-state index in [9.17, 15) is 14.4 Å². The van der Waals surface area contributed by atoms with Crippen molar-refractivity contribution in [3.63, 3.8) is 0 Å². The summed E-state index contributed by atoms with van der Waals surface area (Å²) >= 11 is 0. The fraction of sp³-hybridized carbons (Fsp3) is 0.500. The van der Waals surface area contributed by atoms with E-state index in [4.69, 9.17) is 9.47 Å². The maximum atomic E-state index is 13.3. The predicted octanol–water partition coefficient (Wildman–Crippen LogP) is 5.19. The molecule has 0 aliphatic carbocycles. The van der Waals surface area contributed by atoms with Gasteiger partial charge in [-0.2, -0.15) is 0 Å². The number of esters is 1. The molecule has 0 aliphatic heterocycles. The Morgan fingerprint density at radius 1 is 0.951 bits per heavy atom. The second-order valence-electron chi connectivity index (χ2n) is 10.3. The molecule has 9 heteroatoms. The third-order valence-corrected chi connectivity index (χ3v) is 6.72. The van der Waals surface area contributed by atoms with Gasteiger partial charge in [0, 0.05) is 19.5 Å². The number of benzene rings is 2. The molecule has 222 valence electrons. The lowest BCUT2D eigenvalue weighted by Crippen LogP contribution is -2.43. The van der Waals surface area contributed by atoms with Gasteiger partial charge in [-0.25, -0.2) is 9.48 Å². The molecule has 2 aromatic carbocycles. The first-order valence-electron chi connectivity index (χ1n) is 14.8. The van der Waals surface area contributed by atoms with E-state index >= 15 is 0 Å². The highest BCUT2D eigenvalue weighted by molar-refractivity contribution is 5.68. The molecular weight excluding hydrogens is 520 g/mol. The third kappa shape index (κ3) is 10.6. The first-order valence-corrected chi connectivity index (χ1v) is 14.8. The van der Waals surface area contributed by atoms with Crippen molar-refractivity contribution in [1.29, 1.82) is 0 Å². The molecule has 0 amide bonds. The Bertz CT molecular complexity index is 1340. The van der Waals surface area contributed by atoms with Gasteiger partial charge in [-0.15, -0.1) is 5.10 Å². The zero-order valence-electron chi connectivity index (χ0n) is 24.6. The summed E-state index contributed by atoms with van der Waals surface area (Å²) in [4.78, 5) is 37.8. The highest BCUT2D eigenvalue weighted by Crippen LogP contribution is 2.16. The van der Waals surface area contributed by atoms with Crippen molar-refractivity contribution in [2.75, 3.05) is 18.5 Å². The summed E-state index contributed by atoms with van der Waals surface area (Å²) in [5, 5.41) is 7.61.